The Morgan fingerprint density at radius 3 is 2.83 bits per heavy atom. The molecule has 1 aromatic heterocycles. The molecule has 0 radical (unpaired) electrons. The van der Waals surface area contributed by atoms with E-state index in [1.807, 2.05) is 38.1 Å². The SMILES string of the molecule is CC(C)Oc1cccc(-n2cnc(C(=O)O)c2)c1. The van der Waals surface area contributed by atoms with Gasteiger partial charge in [0, 0.05) is 12.3 Å². The highest BCUT2D eigenvalue weighted by Crippen LogP contribution is 2.18. The third-order valence-corrected chi connectivity index (χ3v) is 2.29. The second-order valence-electron chi connectivity index (χ2n) is 4.14. The van der Waals surface area contributed by atoms with Gasteiger partial charge in [0.25, 0.3) is 0 Å². The number of rotatable bonds is 4. The molecule has 1 N–H and O–H groups in total. The molecule has 0 aliphatic rings. The molecule has 5 heteroatoms. The van der Waals surface area contributed by atoms with Gasteiger partial charge in [-0.15, -0.1) is 0 Å². The van der Waals surface area contributed by atoms with E-state index in [2.05, 4.69) is 4.98 Å². The average Bonchev–Trinajstić information content (AvgIpc) is 2.77. The van der Waals surface area contributed by atoms with Gasteiger partial charge in [0.2, 0.25) is 0 Å². The van der Waals surface area contributed by atoms with E-state index >= 15 is 0 Å². The highest BCUT2D eigenvalue weighted by atomic mass is 16.5. The number of carboxylic acid groups (broad SMARTS) is 1. The van der Waals surface area contributed by atoms with E-state index in [1.54, 1.807) is 4.57 Å². The number of hydrogen-bond acceptors (Lipinski definition) is 3. The van der Waals surface area contributed by atoms with Crippen LogP contribution in [0.3, 0.4) is 0 Å². The predicted octanol–water partition coefficient (Wildman–Crippen LogP) is 2.36. The number of ether oxygens (including phenoxy) is 1. The van der Waals surface area contributed by atoms with Crippen LogP contribution in [0.5, 0.6) is 5.75 Å². The quantitative estimate of drug-likeness (QED) is 0.899. The maximum atomic E-state index is 10.8. The summed E-state index contributed by atoms with van der Waals surface area (Å²) in [5.41, 5.74) is 0.832. The first-order valence-corrected chi connectivity index (χ1v) is 5.60. The summed E-state index contributed by atoms with van der Waals surface area (Å²) in [6, 6.07) is 7.42. The summed E-state index contributed by atoms with van der Waals surface area (Å²) in [5.74, 6) is -0.295. The Morgan fingerprint density at radius 2 is 2.22 bits per heavy atom. The lowest BCUT2D eigenvalue weighted by atomic mass is 10.3. The van der Waals surface area contributed by atoms with Crippen molar-refractivity contribution >= 4 is 5.97 Å². The number of benzene rings is 1. The van der Waals surface area contributed by atoms with Crippen molar-refractivity contribution in [2.75, 3.05) is 0 Å². The van der Waals surface area contributed by atoms with Crippen LogP contribution in [-0.2, 0) is 0 Å². The van der Waals surface area contributed by atoms with Gasteiger partial charge in [-0.1, -0.05) is 6.07 Å². The molecule has 5 nitrogen and oxygen atoms in total. The molecular formula is C13H14N2O3. The van der Waals surface area contributed by atoms with E-state index in [0.29, 0.717) is 0 Å². The molecule has 0 unspecified atom stereocenters. The van der Waals surface area contributed by atoms with Gasteiger partial charge in [0.05, 0.1) is 11.8 Å². The van der Waals surface area contributed by atoms with Gasteiger partial charge in [-0.25, -0.2) is 9.78 Å². The molecule has 1 aromatic carbocycles. The minimum Gasteiger partial charge on any atom is -0.491 e. The summed E-state index contributed by atoms with van der Waals surface area (Å²) >= 11 is 0. The second-order valence-corrected chi connectivity index (χ2v) is 4.14. The van der Waals surface area contributed by atoms with E-state index in [9.17, 15) is 4.79 Å². The third-order valence-electron chi connectivity index (χ3n) is 2.29. The van der Waals surface area contributed by atoms with Crippen molar-refractivity contribution in [3.63, 3.8) is 0 Å². The molecule has 18 heavy (non-hydrogen) atoms. The van der Waals surface area contributed by atoms with Crippen LogP contribution in [0.4, 0.5) is 0 Å². The molecule has 0 aliphatic heterocycles. The van der Waals surface area contributed by atoms with Gasteiger partial charge >= 0.3 is 5.97 Å². The van der Waals surface area contributed by atoms with Crippen molar-refractivity contribution in [3.05, 3.63) is 42.5 Å². The molecule has 0 saturated heterocycles. The Balaban J connectivity index is 2.29. The largest absolute Gasteiger partial charge is 0.491 e. The van der Waals surface area contributed by atoms with Crippen LogP contribution in [0.2, 0.25) is 0 Å². The first-order valence-electron chi connectivity index (χ1n) is 5.60. The maximum Gasteiger partial charge on any atom is 0.356 e. The average molecular weight is 246 g/mol. The lowest BCUT2D eigenvalue weighted by molar-refractivity contribution is 0.0691. The zero-order chi connectivity index (χ0) is 13.1. The standard InChI is InChI=1S/C13H14N2O3/c1-9(2)18-11-5-3-4-10(6-11)15-7-12(13(16)17)14-8-15/h3-9H,1-2H3,(H,16,17). The summed E-state index contributed by atoms with van der Waals surface area (Å²) in [5, 5.41) is 8.82. The summed E-state index contributed by atoms with van der Waals surface area (Å²) in [7, 11) is 0. The zero-order valence-electron chi connectivity index (χ0n) is 10.2. The first-order chi connectivity index (χ1) is 8.56. The molecule has 0 saturated carbocycles. The topological polar surface area (TPSA) is 64.4 Å². The van der Waals surface area contributed by atoms with Crippen molar-refractivity contribution in [2.24, 2.45) is 0 Å². The molecule has 0 bridgehead atoms. The molecule has 0 atom stereocenters. The van der Waals surface area contributed by atoms with E-state index < -0.39 is 5.97 Å². The Labute approximate surface area is 105 Å². The predicted molar refractivity (Wildman–Crippen MR) is 66.3 cm³/mol. The van der Waals surface area contributed by atoms with Crippen LogP contribution in [0.15, 0.2) is 36.8 Å². The fraction of sp³-hybridized carbons (Fsp3) is 0.231. The van der Waals surface area contributed by atoms with Crippen molar-refractivity contribution in [2.45, 2.75) is 20.0 Å². The number of hydrogen-bond donors (Lipinski definition) is 1. The number of aromatic nitrogens is 2. The Hall–Kier alpha value is -2.30. The molecule has 1 heterocycles. The minimum atomic E-state index is -1.04. The lowest BCUT2D eigenvalue weighted by Crippen LogP contribution is -2.05. The number of nitrogens with zero attached hydrogens (tertiary/aromatic N) is 2. The summed E-state index contributed by atoms with van der Waals surface area (Å²) in [6.07, 6.45) is 3.03. The van der Waals surface area contributed by atoms with Crippen molar-refractivity contribution in [1.29, 1.82) is 0 Å². The van der Waals surface area contributed by atoms with Crippen LogP contribution < -0.4 is 4.74 Å². The number of carbonyl (C=O) groups is 1. The molecule has 0 spiro atoms. The van der Waals surface area contributed by atoms with E-state index in [4.69, 9.17) is 9.84 Å². The number of aromatic carboxylic acids is 1. The minimum absolute atomic E-state index is 0.0187. The molecular weight excluding hydrogens is 232 g/mol. The van der Waals surface area contributed by atoms with Crippen molar-refractivity contribution in [1.82, 2.24) is 9.55 Å². The van der Waals surface area contributed by atoms with Gasteiger partial charge in [-0.2, -0.15) is 0 Å². The molecule has 94 valence electrons. The normalized spacial score (nSPS) is 10.6. The van der Waals surface area contributed by atoms with Crippen LogP contribution in [0.1, 0.15) is 24.3 Å². The fourth-order valence-corrected chi connectivity index (χ4v) is 1.56. The van der Waals surface area contributed by atoms with E-state index in [-0.39, 0.29) is 11.8 Å². The van der Waals surface area contributed by atoms with Crippen LogP contribution in [0, 0.1) is 0 Å². The van der Waals surface area contributed by atoms with E-state index in [1.165, 1.54) is 12.5 Å². The zero-order valence-corrected chi connectivity index (χ0v) is 10.2. The van der Waals surface area contributed by atoms with Crippen molar-refractivity contribution in [3.8, 4) is 11.4 Å². The Kier molecular flexibility index (Phi) is 3.32. The molecule has 0 amide bonds. The summed E-state index contributed by atoms with van der Waals surface area (Å²) in [4.78, 5) is 14.6. The Bertz CT molecular complexity index is 561. The summed E-state index contributed by atoms with van der Waals surface area (Å²) < 4.78 is 7.23. The monoisotopic (exact) mass is 246 g/mol. The van der Waals surface area contributed by atoms with Gasteiger partial charge in [-0.05, 0) is 26.0 Å². The highest BCUT2D eigenvalue weighted by molar-refractivity contribution is 5.85. The fourth-order valence-electron chi connectivity index (χ4n) is 1.56. The van der Waals surface area contributed by atoms with Crippen molar-refractivity contribution < 1.29 is 14.6 Å². The van der Waals surface area contributed by atoms with Gasteiger partial charge in [-0.3, -0.25) is 0 Å². The molecule has 0 aliphatic carbocycles. The highest BCUT2D eigenvalue weighted by Gasteiger charge is 2.08. The lowest BCUT2D eigenvalue weighted by Gasteiger charge is -2.10. The Morgan fingerprint density at radius 1 is 1.44 bits per heavy atom. The van der Waals surface area contributed by atoms with Gasteiger partial charge in [0.15, 0.2) is 5.69 Å². The van der Waals surface area contributed by atoms with Crippen LogP contribution in [0.25, 0.3) is 5.69 Å². The molecule has 2 aromatic rings. The third kappa shape index (κ3) is 2.68. The van der Waals surface area contributed by atoms with E-state index in [0.717, 1.165) is 11.4 Å². The second kappa shape index (κ2) is 4.91. The summed E-state index contributed by atoms with van der Waals surface area (Å²) in [6.45, 7) is 3.90. The van der Waals surface area contributed by atoms with Crippen LogP contribution in [-0.4, -0.2) is 26.7 Å². The molecule has 0 fully saturated rings. The van der Waals surface area contributed by atoms with Crippen LogP contribution >= 0.6 is 0 Å². The maximum absolute atomic E-state index is 10.8. The van der Waals surface area contributed by atoms with Gasteiger partial charge in [0.1, 0.15) is 12.1 Å². The number of imidazole rings is 1. The first kappa shape index (κ1) is 12.2. The molecule has 2 rings (SSSR count). The smallest absolute Gasteiger partial charge is 0.356 e. The van der Waals surface area contributed by atoms with Gasteiger partial charge < -0.3 is 14.4 Å². The number of carboxylic acids is 1.